The Labute approximate surface area is 78.8 Å². The van der Waals surface area contributed by atoms with Crippen LogP contribution < -0.4 is 9.79 Å². The van der Waals surface area contributed by atoms with E-state index in [0.29, 0.717) is 0 Å². The molecule has 1 aromatic rings. The van der Waals surface area contributed by atoms with Crippen molar-refractivity contribution < 1.29 is 33.8 Å². The van der Waals surface area contributed by atoms with Crippen molar-refractivity contribution in [3.63, 3.8) is 0 Å². The van der Waals surface area contributed by atoms with Crippen molar-refractivity contribution in [1.29, 1.82) is 0 Å². The molecule has 0 heterocycles. The molecule has 1 rings (SSSR count). The fourth-order valence-corrected chi connectivity index (χ4v) is 0.385. The molecule has 0 bridgehead atoms. The first-order chi connectivity index (χ1) is 4.73. The van der Waals surface area contributed by atoms with Crippen molar-refractivity contribution >= 4 is 8.25 Å². The number of hydrogen-bond donors (Lipinski definition) is 0. The molecule has 0 spiro atoms. The first kappa shape index (κ1) is 13.6. The van der Waals surface area contributed by atoms with Gasteiger partial charge in [0.1, 0.15) is 0 Å². The second-order valence-electron chi connectivity index (χ2n) is 1.40. The minimum absolute atomic E-state index is 0. The summed E-state index contributed by atoms with van der Waals surface area (Å²) >= 11 is 0. The van der Waals surface area contributed by atoms with Crippen LogP contribution in [0.5, 0.6) is 0 Å². The van der Waals surface area contributed by atoms with Crippen LogP contribution in [0.4, 0.5) is 0 Å². The van der Waals surface area contributed by atoms with Gasteiger partial charge in [-0.1, -0.05) is 44.7 Å². The van der Waals surface area contributed by atoms with Gasteiger partial charge in [-0.25, -0.2) is 0 Å². The monoisotopic (exact) mass is 222 g/mol. The predicted octanol–water partition coefficient (Wildman–Crippen LogP) is -0.219. The third-order valence-electron chi connectivity index (χ3n) is 0.667. The molecule has 0 aliphatic rings. The Balaban J connectivity index is 0. The van der Waals surface area contributed by atoms with E-state index in [1.54, 1.807) is 0 Å². The third-order valence-corrected chi connectivity index (χ3v) is 0.667. The minimum atomic E-state index is -3.63. The molecular formula is C6H7O3PZn. The van der Waals surface area contributed by atoms with Crippen molar-refractivity contribution in [3.8, 4) is 0 Å². The van der Waals surface area contributed by atoms with Gasteiger partial charge in [-0.2, -0.15) is 0 Å². The first-order valence-corrected chi connectivity index (χ1v) is 3.84. The van der Waals surface area contributed by atoms with Gasteiger partial charge in [-0.05, 0) is 0 Å². The van der Waals surface area contributed by atoms with Gasteiger partial charge < -0.3 is 14.4 Å². The molecule has 0 radical (unpaired) electrons. The van der Waals surface area contributed by atoms with E-state index < -0.39 is 8.25 Å². The SMILES string of the molecule is O=[PH]([O-])[O-].[Zn+2].c1ccccc1. The Hall–Kier alpha value is -0.00662. The van der Waals surface area contributed by atoms with E-state index in [-0.39, 0.29) is 19.5 Å². The largest absolute Gasteiger partial charge is 2.00 e. The summed E-state index contributed by atoms with van der Waals surface area (Å²) in [5.74, 6) is 0. The quantitative estimate of drug-likeness (QED) is 0.451. The molecule has 56 valence electrons. The van der Waals surface area contributed by atoms with E-state index in [0.717, 1.165) is 0 Å². The van der Waals surface area contributed by atoms with Gasteiger partial charge in [0.2, 0.25) is 0 Å². The molecule has 0 amide bonds. The minimum Gasteiger partial charge on any atom is -0.813 e. The number of benzene rings is 1. The van der Waals surface area contributed by atoms with E-state index in [9.17, 15) is 0 Å². The molecule has 3 nitrogen and oxygen atoms in total. The smallest absolute Gasteiger partial charge is 0.813 e. The van der Waals surface area contributed by atoms with E-state index in [1.165, 1.54) is 0 Å². The molecule has 0 aliphatic heterocycles. The standard InChI is InChI=1S/C6H6.H3O3P.Zn/c1-2-4-6-5-3-1;1-4(2)3;/h1-6H;4H,(H2,1,2,3);/q;;+2/p-2. The van der Waals surface area contributed by atoms with Crippen LogP contribution in [0, 0.1) is 0 Å². The van der Waals surface area contributed by atoms with Gasteiger partial charge in [0, 0.05) is 0 Å². The molecule has 11 heavy (non-hydrogen) atoms. The van der Waals surface area contributed by atoms with Crippen molar-refractivity contribution in [1.82, 2.24) is 0 Å². The van der Waals surface area contributed by atoms with Crippen LogP contribution in [0.25, 0.3) is 0 Å². The van der Waals surface area contributed by atoms with Gasteiger partial charge in [0.15, 0.2) is 0 Å². The van der Waals surface area contributed by atoms with Gasteiger partial charge in [-0.3, -0.25) is 0 Å². The topological polar surface area (TPSA) is 63.2 Å². The van der Waals surface area contributed by atoms with Gasteiger partial charge in [-0.15, -0.1) is 0 Å². The molecule has 0 unspecified atom stereocenters. The molecule has 0 aliphatic carbocycles. The Morgan fingerprint density at radius 3 is 1.00 bits per heavy atom. The van der Waals surface area contributed by atoms with Crippen molar-refractivity contribution in [2.45, 2.75) is 0 Å². The van der Waals surface area contributed by atoms with Gasteiger partial charge in [0.05, 0.1) is 0 Å². The Bertz CT molecular complexity index is 150. The average molecular weight is 223 g/mol. The zero-order chi connectivity index (χ0) is 7.82. The molecule has 5 heteroatoms. The van der Waals surface area contributed by atoms with Crippen LogP contribution in [0.2, 0.25) is 0 Å². The zero-order valence-corrected chi connectivity index (χ0v) is 9.86. The van der Waals surface area contributed by atoms with Gasteiger partial charge in [0.25, 0.3) is 0 Å². The van der Waals surface area contributed by atoms with Crippen molar-refractivity contribution in [3.05, 3.63) is 36.4 Å². The summed E-state index contributed by atoms with van der Waals surface area (Å²) in [6.45, 7) is 0. The molecule has 0 saturated carbocycles. The van der Waals surface area contributed by atoms with E-state index >= 15 is 0 Å². The van der Waals surface area contributed by atoms with E-state index in [2.05, 4.69) is 0 Å². The summed E-state index contributed by atoms with van der Waals surface area (Å²) < 4.78 is 8.52. The number of rotatable bonds is 0. The van der Waals surface area contributed by atoms with Crippen LogP contribution in [-0.2, 0) is 24.0 Å². The average Bonchev–Trinajstić information content (AvgIpc) is 1.90. The van der Waals surface area contributed by atoms with Crippen molar-refractivity contribution in [2.24, 2.45) is 0 Å². The molecule has 0 aromatic heterocycles. The number of hydrogen-bond acceptors (Lipinski definition) is 3. The predicted molar refractivity (Wildman–Crippen MR) is 35.4 cm³/mol. The second kappa shape index (κ2) is 9.99. The zero-order valence-electron chi connectivity index (χ0n) is 5.90. The fraction of sp³-hybridized carbons (Fsp3) is 0. The maximum atomic E-state index is 8.52. The first-order valence-electron chi connectivity index (χ1n) is 2.61. The van der Waals surface area contributed by atoms with E-state index in [4.69, 9.17) is 14.4 Å². The Morgan fingerprint density at radius 2 is 0.909 bits per heavy atom. The normalized spacial score (nSPS) is 7.55. The summed E-state index contributed by atoms with van der Waals surface area (Å²) in [6, 6.07) is 12.0. The summed E-state index contributed by atoms with van der Waals surface area (Å²) in [5, 5.41) is 0. The van der Waals surface area contributed by atoms with Gasteiger partial charge >= 0.3 is 19.5 Å². The van der Waals surface area contributed by atoms with Crippen molar-refractivity contribution in [2.75, 3.05) is 0 Å². The molecule has 0 atom stereocenters. The maximum Gasteiger partial charge on any atom is 2.00 e. The van der Waals surface area contributed by atoms with Crippen LogP contribution in [-0.4, -0.2) is 0 Å². The maximum absolute atomic E-state index is 8.52. The molecule has 0 N–H and O–H groups in total. The van der Waals surface area contributed by atoms with E-state index in [1.807, 2.05) is 36.4 Å². The second-order valence-corrected chi connectivity index (χ2v) is 1.90. The van der Waals surface area contributed by atoms with Crippen LogP contribution in [0.15, 0.2) is 36.4 Å². The Morgan fingerprint density at radius 1 is 0.818 bits per heavy atom. The molecule has 0 saturated heterocycles. The summed E-state index contributed by atoms with van der Waals surface area (Å²) in [7, 11) is -3.63. The third kappa shape index (κ3) is 17.8. The Kier molecular flexibility index (Phi) is 12.3. The molecule has 1 aromatic carbocycles. The fourth-order valence-electron chi connectivity index (χ4n) is 0.385. The summed E-state index contributed by atoms with van der Waals surface area (Å²) in [5.41, 5.74) is 0. The summed E-state index contributed by atoms with van der Waals surface area (Å²) in [6.07, 6.45) is 0. The van der Waals surface area contributed by atoms with Crippen LogP contribution in [0.1, 0.15) is 0 Å². The summed E-state index contributed by atoms with van der Waals surface area (Å²) in [4.78, 5) is 17.0. The molecular weight excluding hydrogens is 216 g/mol. The molecule has 0 fully saturated rings. The van der Waals surface area contributed by atoms with Crippen LogP contribution in [0.3, 0.4) is 0 Å². The van der Waals surface area contributed by atoms with Crippen LogP contribution >= 0.6 is 8.25 Å².